The minimum absolute atomic E-state index is 0.131. The van der Waals surface area contributed by atoms with E-state index in [2.05, 4.69) is 5.32 Å². The zero-order valence-electron chi connectivity index (χ0n) is 12.1. The van der Waals surface area contributed by atoms with E-state index in [9.17, 15) is 9.59 Å². The van der Waals surface area contributed by atoms with E-state index in [0.717, 1.165) is 0 Å². The summed E-state index contributed by atoms with van der Waals surface area (Å²) in [6.45, 7) is -0.131. The van der Waals surface area contributed by atoms with Crippen molar-refractivity contribution in [2.45, 2.75) is 0 Å². The molecular formula is C16H13Cl3N2O2. The number of para-hydroxylation sites is 1. The first-order valence-electron chi connectivity index (χ1n) is 6.63. The summed E-state index contributed by atoms with van der Waals surface area (Å²) in [7, 11) is 1.52. The van der Waals surface area contributed by atoms with Gasteiger partial charge in [0.2, 0.25) is 5.91 Å². The van der Waals surface area contributed by atoms with E-state index in [0.29, 0.717) is 26.3 Å². The van der Waals surface area contributed by atoms with Crippen LogP contribution in [0.25, 0.3) is 0 Å². The Morgan fingerprint density at radius 1 is 1.04 bits per heavy atom. The maximum absolute atomic E-state index is 12.3. The third-order valence-electron chi connectivity index (χ3n) is 2.98. The van der Waals surface area contributed by atoms with Crippen molar-refractivity contribution in [1.29, 1.82) is 0 Å². The second-order valence-corrected chi connectivity index (χ2v) is 6.13. The summed E-state index contributed by atoms with van der Waals surface area (Å²) in [5.74, 6) is -0.717. The molecule has 2 rings (SSSR count). The Kier molecular flexibility index (Phi) is 5.88. The van der Waals surface area contributed by atoms with Crippen molar-refractivity contribution in [2.75, 3.05) is 18.9 Å². The van der Waals surface area contributed by atoms with Crippen LogP contribution in [0.15, 0.2) is 42.5 Å². The van der Waals surface area contributed by atoms with Crippen molar-refractivity contribution in [3.63, 3.8) is 0 Å². The lowest BCUT2D eigenvalue weighted by atomic mass is 10.2. The van der Waals surface area contributed by atoms with Crippen molar-refractivity contribution in [3.05, 3.63) is 63.1 Å². The second kappa shape index (κ2) is 7.68. The first-order valence-corrected chi connectivity index (χ1v) is 7.76. The van der Waals surface area contributed by atoms with Crippen LogP contribution in [-0.2, 0) is 4.79 Å². The molecule has 0 bridgehead atoms. The van der Waals surface area contributed by atoms with Gasteiger partial charge in [0.15, 0.2) is 0 Å². The van der Waals surface area contributed by atoms with Gasteiger partial charge in [-0.3, -0.25) is 9.59 Å². The number of carbonyl (C=O) groups is 2. The second-order valence-electron chi connectivity index (χ2n) is 4.85. The Balaban J connectivity index is 2.03. The summed E-state index contributed by atoms with van der Waals surface area (Å²) in [6.07, 6.45) is 0. The minimum atomic E-state index is -0.359. The number of carbonyl (C=O) groups excluding carboxylic acids is 2. The minimum Gasteiger partial charge on any atom is -0.332 e. The van der Waals surface area contributed by atoms with E-state index < -0.39 is 0 Å². The van der Waals surface area contributed by atoms with Crippen molar-refractivity contribution >= 4 is 52.3 Å². The van der Waals surface area contributed by atoms with E-state index >= 15 is 0 Å². The van der Waals surface area contributed by atoms with Gasteiger partial charge < -0.3 is 10.2 Å². The van der Waals surface area contributed by atoms with Crippen molar-refractivity contribution in [3.8, 4) is 0 Å². The lowest BCUT2D eigenvalue weighted by molar-refractivity contribution is -0.116. The molecule has 2 aromatic carbocycles. The molecule has 2 aromatic rings. The Hall–Kier alpha value is -1.75. The fourth-order valence-electron chi connectivity index (χ4n) is 1.94. The van der Waals surface area contributed by atoms with E-state index in [4.69, 9.17) is 34.8 Å². The molecule has 0 unspecified atom stereocenters. The van der Waals surface area contributed by atoms with Crippen LogP contribution in [0.4, 0.5) is 5.69 Å². The van der Waals surface area contributed by atoms with Crippen LogP contribution in [0.2, 0.25) is 15.1 Å². The number of hydrogen-bond acceptors (Lipinski definition) is 2. The third kappa shape index (κ3) is 4.86. The highest BCUT2D eigenvalue weighted by Gasteiger charge is 2.16. The fourth-order valence-corrected chi connectivity index (χ4v) is 2.65. The van der Waals surface area contributed by atoms with Gasteiger partial charge in [0.25, 0.3) is 5.91 Å². The van der Waals surface area contributed by atoms with Crippen LogP contribution in [0.5, 0.6) is 0 Å². The van der Waals surface area contributed by atoms with Crippen LogP contribution in [-0.4, -0.2) is 30.3 Å². The summed E-state index contributed by atoms with van der Waals surface area (Å²) >= 11 is 17.7. The highest BCUT2D eigenvalue weighted by Crippen LogP contribution is 2.21. The molecule has 0 spiro atoms. The number of halogens is 3. The summed E-state index contributed by atoms with van der Waals surface area (Å²) in [4.78, 5) is 25.6. The number of amides is 2. The summed E-state index contributed by atoms with van der Waals surface area (Å²) in [5.41, 5.74) is 0.807. The fraction of sp³-hybridized carbons (Fsp3) is 0.125. The Morgan fingerprint density at radius 3 is 2.26 bits per heavy atom. The van der Waals surface area contributed by atoms with E-state index in [1.807, 2.05) is 0 Å². The molecule has 0 radical (unpaired) electrons. The number of hydrogen-bond donors (Lipinski definition) is 1. The zero-order chi connectivity index (χ0) is 17.0. The standard InChI is InChI=1S/C16H13Cl3N2O2/c1-21(16(23)10-6-11(17)8-12(18)7-10)9-15(22)20-14-5-3-2-4-13(14)19/h2-8H,9H2,1H3,(H,20,22). The van der Waals surface area contributed by atoms with E-state index in [1.165, 1.54) is 30.1 Å². The molecule has 0 aliphatic rings. The van der Waals surface area contributed by atoms with Gasteiger partial charge >= 0.3 is 0 Å². The molecule has 0 atom stereocenters. The molecule has 0 saturated heterocycles. The average molecular weight is 372 g/mol. The molecule has 0 saturated carbocycles. The Bertz CT molecular complexity index is 730. The largest absolute Gasteiger partial charge is 0.332 e. The van der Waals surface area contributed by atoms with E-state index in [-0.39, 0.29) is 18.4 Å². The van der Waals surface area contributed by atoms with Gasteiger partial charge in [-0.1, -0.05) is 46.9 Å². The molecule has 0 fully saturated rings. The van der Waals surface area contributed by atoms with Gasteiger partial charge in [-0.05, 0) is 30.3 Å². The predicted molar refractivity (Wildman–Crippen MR) is 93.5 cm³/mol. The van der Waals surface area contributed by atoms with Crippen molar-refractivity contribution in [2.24, 2.45) is 0 Å². The number of likely N-dealkylation sites (N-methyl/N-ethyl adjacent to an activating group) is 1. The molecule has 23 heavy (non-hydrogen) atoms. The lowest BCUT2D eigenvalue weighted by Gasteiger charge is -2.17. The van der Waals surface area contributed by atoms with Gasteiger partial charge in [0, 0.05) is 22.7 Å². The number of nitrogens with one attached hydrogen (secondary N) is 1. The highest BCUT2D eigenvalue weighted by atomic mass is 35.5. The highest BCUT2D eigenvalue weighted by molar-refractivity contribution is 6.35. The maximum Gasteiger partial charge on any atom is 0.254 e. The van der Waals surface area contributed by atoms with Crippen LogP contribution >= 0.6 is 34.8 Å². The molecule has 1 N–H and O–H groups in total. The first-order chi connectivity index (χ1) is 10.9. The number of rotatable bonds is 4. The topological polar surface area (TPSA) is 49.4 Å². The molecule has 0 aliphatic heterocycles. The first kappa shape index (κ1) is 17.6. The van der Waals surface area contributed by atoms with Crippen LogP contribution in [0, 0.1) is 0 Å². The molecule has 0 heterocycles. The quantitative estimate of drug-likeness (QED) is 0.868. The molecule has 4 nitrogen and oxygen atoms in total. The lowest BCUT2D eigenvalue weighted by Crippen LogP contribution is -2.35. The average Bonchev–Trinajstić information content (AvgIpc) is 2.47. The number of nitrogens with zero attached hydrogens (tertiary/aromatic N) is 1. The molecule has 2 amide bonds. The maximum atomic E-state index is 12.3. The van der Waals surface area contributed by atoms with Gasteiger partial charge in [-0.2, -0.15) is 0 Å². The predicted octanol–water partition coefficient (Wildman–Crippen LogP) is 4.36. The van der Waals surface area contributed by atoms with E-state index in [1.54, 1.807) is 24.3 Å². The Morgan fingerprint density at radius 2 is 1.65 bits per heavy atom. The summed E-state index contributed by atoms with van der Waals surface area (Å²) in [5, 5.41) is 3.79. The molecule has 120 valence electrons. The van der Waals surface area contributed by atoms with Crippen molar-refractivity contribution < 1.29 is 9.59 Å². The normalized spacial score (nSPS) is 10.3. The van der Waals surface area contributed by atoms with Gasteiger partial charge in [-0.25, -0.2) is 0 Å². The monoisotopic (exact) mass is 370 g/mol. The van der Waals surface area contributed by atoms with Crippen LogP contribution in [0.1, 0.15) is 10.4 Å². The molecule has 0 aromatic heterocycles. The molecule has 7 heteroatoms. The van der Waals surface area contributed by atoms with Gasteiger partial charge in [-0.15, -0.1) is 0 Å². The number of anilines is 1. The smallest absolute Gasteiger partial charge is 0.254 e. The Labute approximate surface area is 148 Å². The number of benzene rings is 2. The molecule has 0 aliphatic carbocycles. The third-order valence-corrected chi connectivity index (χ3v) is 3.75. The zero-order valence-corrected chi connectivity index (χ0v) is 14.4. The van der Waals surface area contributed by atoms with Crippen LogP contribution < -0.4 is 5.32 Å². The van der Waals surface area contributed by atoms with Crippen molar-refractivity contribution in [1.82, 2.24) is 4.90 Å². The SMILES string of the molecule is CN(CC(=O)Nc1ccccc1Cl)C(=O)c1cc(Cl)cc(Cl)c1. The molecular weight excluding hydrogens is 359 g/mol. The van der Waals surface area contributed by atoms with Gasteiger partial charge in [0.05, 0.1) is 17.3 Å². The van der Waals surface area contributed by atoms with Gasteiger partial charge in [0.1, 0.15) is 0 Å². The summed E-state index contributed by atoms with van der Waals surface area (Å²) < 4.78 is 0. The van der Waals surface area contributed by atoms with Crippen LogP contribution in [0.3, 0.4) is 0 Å². The summed E-state index contributed by atoms with van der Waals surface area (Å²) in [6, 6.07) is 11.4.